The van der Waals surface area contributed by atoms with E-state index in [4.69, 9.17) is 11.6 Å². The molecule has 0 radical (unpaired) electrons. The number of nitrogens with zero attached hydrogens (tertiary/aromatic N) is 2. The zero-order valence-electron chi connectivity index (χ0n) is 13.2. The van der Waals surface area contributed by atoms with Crippen LogP contribution >= 0.6 is 22.9 Å². The zero-order chi connectivity index (χ0) is 17.3. The number of halogens is 1. The maximum Gasteiger partial charge on any atom is 0.262 e. The summed E-state index contributed by atoms with van der Waals surface area (Å²) in [6, 6.07) is 8.00. The minimum atomic E-state index is -0.671. The van der Waals surface area contributed by atoms with Gasteiger partial charge in [-0.15, -0.1) is 11.3 Å². The van der Waals surface area contributed by atoms with Gasteiger partial charge in [-0.25, -0.2) is 4.98 Å². The number of hydrogen-bond donors (Lipinski definition) is 1. The Morgan fingerprint density at radius 2 is 2.08 bits per heavy atom. The fraction of sp³-hybridized carbons (Fsp3) is 0.235. The number of carbonyl (C=O) groups is 1. The van der Waals surface area contributed by atoms with Crippen LogP contribution in [0.5, 0.6) is 0 Å². The molecule has 2 aromatic heterocycles. The molecule has 1 aromatic carbocycles. The minimum absolute atomic E-state index is 0.199. The van der Waals surface area contributed by atoms with Gasteiger partial charge in [0, 0.05) is 15.6 Å². The average Bonchev–Trinajstić information content (AvgIpc) is 3.01. The number of fused-ring (bicyclic) bond motifs is 1. The summed E-state index contributed by atoms with van der Waals surface area (Å²) in [5, 5.41) is 3.93. The summed E-state index contributed by atoms with van der Waals surface area (Å²) in [6.07, 6.45) is 2.29. The van der Waals surface area contributed by atoms with Gasteiger partial charge in [-0.3, -0.25) is 14.2 Å². The van der Waals surface area contributed by atoms with Gasteiger partial charge in [-0.05, 0) is 43.7 Å². The van der Waals surface area contributed by atoms with E-state index in [9.17, 15) is 9.59 Å². The van der Waals surface area contributed by atoms with E-state index in [1.807, 2.05) is 13.0 Å². The molecule has 7 heteroatoms. The summed E-state index contributed by atoms with van der Waals surface area (Å²) in [4.78, 5) is 31.2. The summed E-state index contributed by atoms with van der Waals surface area (Å²) >= 11 is 7.34. The largest absolute Gasteiger partial charge is 0.324 e. The average molecular weight is 362 g/mol. The Kier molecular flexibility index (Phi) is 4.69. The third-order valence-corrected chi connectivity index (χ3v) is 5.22. The Morgan fingerprint density at radius 1 is 1.38 bits per heavy atom. The predicted octanol–water partition coefficient (Wildman–Crippen LogP) is 3.87. The van der Waals surface area contributed by atoms with Crippen molar-refractivity contribution in [2.45, 2.75) is 26.3 Å². The van der Waals surface area contributed by atoms with Gasteiger partial charge in [-0.2, -0.15) is 0 Å². The van der Waals surface area contributed by atoms with Crippen LogP contribution in [0.3, 0.4) is 0 Å². The molecule has 0 fully saturated rings. The second kappa shape index (κ2) is 6.75. The highest BCUT2D eigenvalue weighted by molar-refractivity contribution is 7.18. The van der Waals surface area contributed by atoms with Crippen LogP contribution in [0.15, 0.2) is 41.5 Å². The van der Waals surface area contributed by atoms with Crippen LogP contribution in [-0.2, 0) is 11.2 Å². The standard InChI is InChI=1S/C17H16ClN3O2S/c1-3-13-8-14-16(24-13)19-9-21(17(14)23)10(2)15(22)20-12-6-4-11(18)5-7-12/h4-10H,3H2,1-2H3,(H,20,22). The van der Waals surface area contributed by atoms with E-state index in [0.717, 1.165) is 11.3 Å². The minimum Gasteiger partial charge on any atom is -0.324 e. The van der Waals surface area contributed by atoms with Gasteiger partial charge in [0.15, 0.2) is 0 Å². The normalized spacial score (nSPS) is 12.3. The SMILES string of the molecule is CCc1cc2c(=O)n(C(C)C(=O)Nc3ccc(Cl)cc3)cnc2s1. The number of carbonyl (C=O) groups excluding carboxylic acids is 1. The summed E-state index contributed by atoms with van der Waals surface area (Å²) in [6.45, 7) is 3.71. The molecule has 0 saturated carbocycles. The topological polar surface area (TPSA) is 64.0 Å². The van der Waals surface area contributed by atoms with Crippen LogP contribution in [0.25, 0.3) is 10.2 Å². The highest BCUT2D eigenvalue weighted by atomic mass is 35.5. The first kappa shape index (κ1) is 16.7. The van der Waals surface area contributed by atoms with Gasteiger partial charge in [0.1, 0.15) is 10.9 Å². The predicted molar refractivity (Wildman–Crippen MR) is 98.1 cm³/mol. The van der Waals surface area contributed by atoms with Gasteiger partial charge >= 0.3 is 0 Å². The van der Waals surface area contributed by atoms with E-state index in [-0.39, 0.29) is 11.5 Å². The number of amides is 1. The maximum atomic E-state index is 12.6. The van der Waals surface area contributed by atoms with Crippen molar-refractivity contribution in [2.75, 3.05) is 5.32 Å². The third-order valence-electron chi connectivity index (χ3n) is 3.78. The van der Waals surface area contributed by atoms with E-state index in [0.29, 0.717) is 20.9 Å². The number of aromatic nitrogens is 2. The summed E-state index contributed by atoms with van der Waals surface area (Å²) in [5.41, 5.74) is 0.428. The smallest absolute Gasteiger partial charge is 0.262 e. The van der Waals surface area contributed by atoms with Crippen molar-refractivity contribution in [2.24, 2.45) is 0 Å². The number of benzene rings is 1. The van der Waals surface area contributed by atoms with Crippen molar-refractivity contribution in [1.82, 2.24) is 9.55 Å². The van der Waals surface area contributed by atoms with Crippen LogP contribution in [0.4, 0.5) is 5.69 Å². The first-order chi connectivity index (χ1) is 11.5. The van der Waals surface area contributed by atoms with Crippen LogP contribution in [-0.4, -0.2) is 15.5 Å². The Balaban J connectivity index is 1.88. The lowest BCUT2D eigenvalue weighted by Crippen LogP contribution is -2.31. The van der Waals surface area contributed by atoms with Crippen molar-refractivity contribution in [1.29, 1.82) is 0 Å². The number of hydrogen-bond acceptors (Lipinski definition) is 4. The molecule has 5 nitrogen and oxygen atoms in total. The van der Waals surface area contributed by atoms with Gasteiger partial charge in [0.25, 0.3) is 5.56 Å². The van der Waals surface area contributed by atoms with Crippen LogP contribution in [0.1, 0.15) is 24.8 Å². The fourth-order valence-corrected chi connectivity index (χ4v) is 3.39. The van der Waals surface area contributed by atoms with E-state index < -0.39 is 6.04 Å². The zero-order valence-corrected chi connectivity index (χ0v) is 14.8. The Bertz CT molecular complexity index is 947. The van der Waals surface area contributed by atoms with E-state index in [1.54, 1.807) is 31.2 Å². The molecule has 0 aliphatic rings. The molecular weight excluding hydrogens is 346 g/mol. The highest BCUT2D eigenvalue weighted by Gasteiger charge is 2.18. The molecule has 3 rings (SSSR count). The van der Waals surface area contributed by atoms with Gasteiger partial charge < -0.3 is 5.32 Å². The summed E-state index contributed by atoms with van der Waals surface area (Å²) in [5.74, 6) is -0.286. The number of nitrogens with one attached hydrogen (secondary N) is 1. The van der Waals surface area contributed by atoms with Crippen molar-refractivity contribution in [3.05, 3.63) is 56.9 Å². The third kappa shape index (κ3) is 3.20. The molecule has 0 bridgehead atoms. The molecule has 1 atom stereocenters. The lowest BCUT2D eigenvalue weighted by atomic mass is 10.2. The maximum absolute atomic E-state index is 12.6. The first-order valence-corrected chi connectivity index (χ1v) is 8.75. The molecule has 1 N–H and O–H groups in total. The Morgan fingerprint density at radius 3 is 2.75 bits per heavy atom. The molecule has 0 aliphatic heterocycles. The van der Waals surface area contributed by atoms with Gasteiger partial charge in [-0.1, -0.05) is 18.5 Å². The molecule has 1 unspecified atom stereocenters. The monoisotopic (exact) mass is 361 g/mol. The summed E-state index contributed by atoms with van der Waals surface area (Å²) in [7, 11) is 0. The quantitative estimate of drug-likeness (QED) is 0.767. The van der Waals surface area contributed by atoms with E-state index in [1.165, 1.54) is 22.2 Å². The number of aryl methyl sites for hydroxylation is 1. The van der Waals surface area contributed by atoms with Crippen LogP contribution in [0, 0.1) is 0 Å². The molecule has 124 valence electrons. The van der Waals surface area contributed by atoms with Crippen molar-refractivity contribution >= 4 is 44.7 Å². The van der Waals surface area contributed by atoms with Crippen LogP contribution in [0.2, 0.25) is 5.02 Å². The molecule has 0 spiro atoms. The molecule has 1 amide bonds. The Hall–Kier alpha value is -2.18. The molecule has 0 saturated heterocycles. The van der Waals surface area contributed by atoms with Crippen LogP contribution < -0.4 is 10.9 Å². The van der Waals surface area contributed by atoms with Gasteiger partial charge in [0.2, 0.25) is 5.91 Å². The fourth-order valence-electron chi connectivity index (χ4n) is 2.34. The van der Waals surface area contributed by atoms with E-state index in [2.05, 4.69) is 10.3 Å². The molecule has 2 heterocycles. The molecular formula is C17H16ClN3O2S. The van der Waals surface area contributed by atoms with Crippen molar-refractivity contribution in [3.8, 4) is 0 Å². The van der Waals surface area contributed by atoms with Crippen molar-refractivity contribution < 1.29 is 4.79 Å². The molecule has 3 aromatic rings. The first-order valence-electron chi connectivity index (χ1n) is 7.55. The highest BCUT2D eigenvalue weighted by Crippen LogP contribution is 2.22. The molecule has 24 heavy (non-hydrogen) atoms. The number of rotatable bonds is 4. The van der Waals surface area contributed by atoms with Gasteiger partial charge in [0.05, 0.1) is 11.7 Å². The lowest BCUT2D eigenvalue weighted by Gasteiger charge is -2.14. The number of thiophene rings is 1. The second-order valence-electron chi connectivity index (χ2n) is 5.41. The van der Waals surface area contributed by atoms with Crippen molar-refractivity contribution in [3.63, 3.8) is 0 Å². The van der Waals surface area contributed by atoms with E-state index >= 15 is 0 Å². The number of anilines is 1. The second-order valence-corrected chi connectivity index (χ2v) is 6.97. The molecule has 0 aliphatic carbocycles. The lowest BCUT2D eigenvalue weighted by molar-refractivity contribution is -0.118. The summed E-state index contributed by atoms with van der Waals surface area (Å²) < 4.78 is 1.36. The Labute approximate surface area is 147 Å².